The Bertz CT molecular complexity index is 242. The van der Waals surface area contributed by atoms with E-state index >= 15 is 0 Å². The molecule has 0 amide bonds. The lowest BCUT2D eigenvalue weighted by molar-refractivity contribution is -0.147. The third-order valence-electron chi connectivity index (χ3n) is 2.45. The summed E-state index contributed by atoms with van der Waals surface area (Å²) in [6, 6.07) is 0. The van der Waals surface area contributed by atoms with Crippen LogP contribution in [0.3, 0.4) is 0 Å². The number of carbonyl (C=O) groups is 1. The van der Waals surface area contributed by atoms with Gasteiger partial charge in [-0.3, -0.25) is 4.79 Å². The summed E-state index contributed by atoms with van der Waals surface area (Å²) in [5, 5.41) is 3.42. The molecular weight excluding hydrogens is 170 g/mol. The van der Waals surface area contributed by atoms with Crippen molar-refractivity contribution in [3.05, 3.63) is 10.4 Å². The van der Waals surface area contributed by atoms with Crippen LogP contribution in [-0.2, 0) is 9.53 Å². The van der Waals surface area contributed by atoms with Crippen molar-refractivity contribution in [3.8, 4) is 0 Å². The van der Waals surface area contributed by atoms with Crippen LogP contribution in [0.1, 0.15) is 25.7 Å². The third kappa shape index (κ3) is 2.36. The first-order valence-electron chi connectivity index (χ1n) is 4.34. The summed E-state index contributed by atoms with van der Waals surface area (Å²) in [6.07, 6.45) is 3.36. The molecule has 1 saturated carbocycles. The highest BCUT2D eigenvalue weighted by Gasteiger charge is 2.49. The SMILES string of the molecule is COC(=O)C1(CCCN=[N+]=[N-])CC1. The van der Waals surface area contributed by atoms with Crippen LogP contribution in [0.25, 0.3) is 10.4 Å². The fourth-order valence-corrected chi connectivity index (χ4v) is 1.46. The second kappa shape index (κ2) is 4.14. The van der Waals surface area contributed by atoms with E-state index in [2.05, 4.69) is 10.0 Å². The highest BCUT2D eigenvalue weighted by atomic mass is 16.5. The van der Waals surface area contributed by atoms with Crippen LogP contribution in [-0.4, -0.2) is 19.6 Å². The Hall–Kier alpha value is -1.22. The molecular formula is C8H13N3O2. The lowest BCUT2D eigenvalue weighted by Crippen LogP contribution is -2.17. The molecule has 72 valence electrons. The van der Waals surface area contributed by atoms with E-state index in [1.54, 1.807) is 0 Å². The quantitative estimate of drug-likeness (QED) is 0.215. The van der Waals surface area contributed by atoms with E-state index in [4.69, 9.17) is 10.3 Å². The number of carbonyl (C=O) groups excluding carboxylic acids is 1. The Balaban J connectivity index is 2.27. The Kier molecular flexibility index (Phi) is 3.14. The number of ether oxygens (including phenoxy) is 1. The fraction of sp³-hybridized carbons (Fsp3) is 0.875. The highest BCUT2D eigenvalue weighted by molar-refractivity contribution is 5.79. The zero-order chi connectivity index (χ0) is 9.73. The predicted octanol–water partition coefficient (Wildman–Crippen LogP) is 2.03. The van der Waals surface area contributed by atoms with E-state index in [0.717, 1.165) is 25.7 Å². The van der Waals surface area contributed by atoms with E-state index in [1.165, 1.54) is 7.11 Å². The first-order chi connectivity index (χ1) is 6.25. The van der Waals surface area contributed by atoms with Gasteiger partial charge in [0.1, 0.15) is 0 Å². The molecule has 0 heterocycles. The van der Waals surface area contributed by atoms with Crippen LogP contribution in [0.15, 0.2) is 5.11 Å². The molecule has 0 aromatic carbocycles. The van der Waals surface area contributed by atoms with Gasteiger partial charge in [-0.1, -0.05) is 5.11 Å². The van der Waals surface area contributed by atoms with E-state index in [-0.39, 0.29) is 11.4 Å². The maximum absolute atomic E-state index is 11.2. The first kappa shape index (κ1) is 9.86. The lowest BCUT2D eigenvalue weighted by Gasteiger charge is -2.10. The minimum atomic E-state index is -0.236. The molecule has 0 bridgehead atoms. The molecule has 0 unspecified atom stereocenters. The molecule has 0 N–H and O–H groups in total. The number of azide groups is 1. The summed E-state index contributed by atoms with van der Waals surface area (Å²) < 4.78 is 4.69. The van der Waals surface area contributed by atoms with Crippen molar-refractivity contribution < 1.29 is 9.53 Å². The summed E-state index contributed by atoms with van der Waals surface area (Å²) in [7, 11) is 1.41. The monoisotopic (exact) mass is 183 g/mol. The van der Waals surface area contributed by atoms with Gasteiger partial charge in [-0.2, -0.15) is 0 Å². The molecule has 0 aliphatic heterocycles. The molecule has 1 rings (SSSR count). The van der Waals surface area contributed by atoms with Gasteiger partial charge in [0.15, 0.2) is 0 Å². The van der Waals surface area contributed by atoms with Gasteiger partial charge in [0.2, 0.25) is 0 Å². The van der Waals surface area contributed by atoms with Crippen molar-refractivity contribution in [2.24, 2.45) is 10.5 Å². The van der Waals surface area contributed by atoms with Gasteiger partial charge in [-0.05, 0) is 31.2 Å². The van der Waals surface area contributed by atoms with E-state index in [9.17, 15) is 4.79 Å². The fourth-order valence-electron chi connectivity index (χ4n) is 1.46. The molecule has 0 aromatic rings. The van der Waals surface area contributed by atoms with Gasteiger partial charge in [-0.15, -0.1) is 0 Å². The number of rotatable bonds is 5. The van der Waals surface area contributed by atoms with Crippen LogP contribution in [0.2, 0.25) is 0 Å². The van der Waals surface area contributed by atoms with E-state index < -0.39 is 0 Å². The molecule has 0 atom stereocenters. The van der Waals surface area contributed by atoms with Gasteiger partial charge in [-0.25, -0.2) is 0 Å². The van der Waals surface area contributed by atoms with Crippen molar-refractivity contribution >= 4 is 5.97 Å². The molecule has 13 heavy (non-hydrogen) atoms. The van der Waals surface area contributed by atoms with Gasteiger partial charge in [0.25, 0.3) is 0 Å². The molecule has 0 spiro atoms. The van der Waals surface area contributed by atoms with Gasteiger partial charge in [0, 0.05) is 11.5 Å². The Morgan fingerprint density at radius 1 is 1.69 bits per heavy atom. The topological polar surface area (TPSA) is 75.1 Å². The molecule has 1 fully saturated rings. The smallest absolute Gasteiger partial charge is 0.311 e. The van der Waals surface area contributed by atoms with Gasteiger partial charge in [0.05, 0.1) is 12.5 Å². The average Bonchev–Trinajstić information content (AvgIpc) is 2.92. The second-order valence-electron chi connectivity index (χ2n) is 3.33. The molecule has 1 aliphatic rings. The van der Waals surface area contributed by atoms with Crippen molar-refractivity contribution in [1.82, 2.24) is 0 Å². The maximum Gasteiger partial charge on any atom is 0.311 e. The second-order valence-corrected chi connectivity index (χ2v) is 3.33. The highest BCUT2D eigenvalue weighted by Crippen LogP contribution is 2.50. The number of hydrogen-bond acceptors (Lipinski definition) is 3. The summed E-state index contributed by atoms with van der Waals surface area (Å²) in [4.78, 5) is 13.9. The summed E-state index contributed by atoms with van der Waals surface area (Å²) in [5.41, 5.74) is 7.80. The third-order valence-corrected chi connectivity index (χ3v) is 2.45. The minimum absolute atomic E-state index is 0.117. The lowest BCUT2D eigenvalue weighted by atomic mass is 10.0. The minimum Gasteiger partial charge on any atom is -0.469 e. The summed E-state index contributed by atoms with van der Waals surface area (Å²) >= 11 is 0. The van der Waals surface area contributed by atoms with Crippen LogP contribution < -0.4 is 0 Å². The molecule has 1 aliphatic carbocycles. The normalized spacial score (nSPS) is 17.3. The van der Waals surface area contributed by atoms with Crippen LogP contribution in [0.4, 0.5) is 0 Å². The summed E-state index contributed by atoms with van der Waals surface area (Å²) in [6.45, 7) is 0.468. The van der Waals surface area contributed by atoms with Gasteiger partial charge < -0.3 is 4.74 Å². The molecule has 5 heteroatoms. The van der Waals surface area contributed by atoms with Crippen molar-refractivity contribution in [2.45, 2.75) is 25.7 Å². The number of esters is 1. The predicted molar refractivity (Wildman–Crippen MR) is 46.9 cm³/mol. The van der Waals surface area contributed by atoms with Crippen molar-refractivity contribution in [1.29, 1.82) is 0 Å². The standard InChI is InChI=1S/C8H13N3O2/c1-13-7(12)8(4-5-8)3-2-6-10-11-9/h2-6H2,1H3. The zero-order valence-corrected chi connectivity index (χ0v) is 7.69. The zero-order valence-electron chi connectivity index (χ0n) is 7.69. The van der Waals surface area contributed by atoms with E-state index in [0.29, 0.717) is 6.54 Å². The summed E-state index contributed by atoms with van der Waals surface area (Å²) in [5.74, 6) is -0.117. The number of hydrogen-bond donors (Lipinski definition) is 0. The average molecular weight is 183 g/mol. The maximum atomic E-state index is 11.2. The molecule has 0 radical (unpaired) electrons. The van der Waals surface area contributed by atoms with Crippen LogP contribution in [0, 0.1) is 5.41 Å². The van der Waals surface area contributed by atoms with Crippen molar-refractivity contribution in [3.63, 3.8) is 0 Å². The Morgan fingerprint density at radius 3 is 2.85 bits per heavy atom. The van der Waals surface area contributed by atoms with Crippen molar-refractivity contribution in [2.75, 3.05) is 13.7 Å². The van der Waals surface area contributed by atoms with Crippen LogP contribution >= 0.6 is 0 Å². The molecule has 0 saturated heterocycles. The largest absolute Gasteiger partial charge is 0.469 e. The van der Waals surface area contributed by atoms with Crippen LogP contribution in [0.5, 0.6) is 0 Å². The Morgan fingerprint density at radius 2 is 2.38 bits per heavy atom. The first-order valence-corrected chi connectivity index (χ1v) is 4.34. The number of methoxy groups -OCH3 is 1. The molecule has 0 aromatic heterocycles. The van der Waals surface area contributed by atoms with Gasteiger partial charge >= 0.3 is 5.97 Å². The number of nitrogens with zero attached hydrogens (tertiary/aromatic N) is 3. The molecule has 5 nitrogen and oxygen atoms in total. The van der Waals surface area contributed by atoms with E-state index in [1.807, 2.05) is 0 Å². The Labute approximate surface area is 76.7 Å².